The minimum absolute atomic E-state index is 0.0144. The highest BCUT2D eigenvalue weighted by molar-refractivity contribution is 5.80. The molecule has 1 amide bonds. The maximum Gasteiger partial charge on any atom is 0.420 e. The number of amides is 1. The number of oxazole rings is 1. The lowest BCUT2D eigenvalue weighted by molar-refractivity contribution is -0.135. The SMILES string of the molecule is Cc1cn[nH]c1[C@@H]1CCCCN1C(=O)Cn1c(=O)oc2ccccc21. The van der Waals surface area contributed by atoms with Crippen LogP contribution in [-0.4, -0.2) is 32.1 Å². The van der Waals surface area contributed by atoms with E-state index in [0.717, 1.165) is 30.5 Å². The molecule has 7 heteroatoms. The number of piperidine rings is 1. The van der Waals surface area contributed by atoms with Gasteiger partial charge in [0.2, 0.25) is 5.91 Å². The van der Waals surface area contributed by atoms with Crippen LogP contribution in [0.3, 0.4) is 0 Å². The number of hydrogen-bond acceptors (Lipinski definition) is 4. The van der Waals surface area contributed by atoms with Gasteiger partial charge in [-0.25, -0.2) is 4.79 Å². The zero-order valence-electron chi connectivity index (χ0n) is 14.1. The summed E-state index contributed by atoms with van der Waals surface area (Å²) < 4.78 is 6.63. The molecule has 130 valence electrons. The molecule has 0 aliphatic carbocycles. The molecule has 2 aromatic heterocycles. The van der Waals surface area contributed by atoms with Gasteiger partial charge in [-0.3, -0.25) is 14.5 Å². The van der Waals surface area contributed by atoms with Crippen LogP contribution in [0.1, 0.15) is 36.6 Å². The Morgan fingerprint density at radius 3 is 3.00 bits per heavy atom. The number of carbonyl (C=O) groups excluding carboxylic acids is 1. The summed E-state index contributed by atoms with van der Waals surface area (Å²) in [4.78, 5) is 27.0. The third-order valence-electron chi connectivity index (χ3n) is 4.89. The Bertz CT molecular complexity index is 968. The van der Waals surface area contributed by atoms with Crippen LogP contribution in [0.5, 0.6) is 0 Å². The minimum atomic E-state index is -0.499. The Balaban J connectivity index is 1.64. The number of fused-ring (bicyclic) bond motifs is 1. The van der Waals surface area contributed by atoms with Crippen LogP contribution in [0.2, 0.25) is 0 Å². The highest BCUT2D eigenvalue weighted by Crippen LogP contribution is 2.31. The third-order valence-corrected chi connectivity index (χ3v) is 4.89. The predicted molar refractivity (Wildman–Crippen MR) is 92.1 cm³/mol. The number of aromatic amines is 1. The van der Waals surface area contributed by atoms with E-state index in [0.29, 0.717) is 17.6 Å². The van der Waals surface area contributed by atoms with E-state index in [-0.39, 0.29) is 18.5 Å². The first kappa shape index (κ1) is 15.7. The van der Waals surface area contributed by atoms with Gasteiger partial charge in [-0.15, -0.1) is 0 Å². The van der Waals surface area contributed by atoms with Gasteiger partial charge >= 0.3 is 5.76 Å². The Morgan fingerprint density at radius 2 is 2.20 bits per heavy atom. The monoisotopic (exact) mass is 340 g/mol. The quantitative estimate of drug-likeness (QED) is 0.793. The van der Waals surface area contributed by atoms with Crippen molar-refractivity contribution in [2.75, 3.05) is 6.54 Å². The number of carbonyl (C=O) groups is 1. The normalized spacial score (nSPS) is 18.0. The summed E-state index contributed by atoms with van der Waals surface area (Å²) in [5.41, 5.74) is 3.18. The number of aromatic nitrogens is 3. The molecule has 1 saturated heterocycles. The summed E-state index contributed by atoms with van der Waals surface area (Å²) in [7, 11) is 0. The van der Waals surface area contributed by atoms with Crippen LogP contribution < -0.4 is 5.76 Å². The molecular formula is C18H20N4O3. The number of H-pyrrole nitrogens is 1. The highest BCUT2D eigenvalue weighted by Gasteiger charge is 2.30. The molecule has 0 spiro atoms. The van der Waals surface area contributed by atoms with E-state index in [2.05, 4.69) is 10.2 Å². The highest BCUT2D eigenvalue weighted by atomic mass is 16.4. The van der Waals surface area contributed by atoms with E-state index in [9.17, 15) is 9.59 Å². The van der Waals surface area contributed by atoms with Gasteiger partial charge in [0.25, 0.3) is 0 Å². The molecule has 1 aliphatic heterocycles. The lowest BCUT2D eigenvalue weighted by Crippen LogP contribution is -2.41. The molecule has 7 nitrogen and oxygen atoms in total. The molecule has 1 fully saturated rings. The van der Waals surface area contributed by atoms with E-state index in [1.54, 1.807) is 24.4 Å². The number of likely N-dealkylation sites (tertiary alicyclic amines) is 1. The van der Waals surface area contributed by atoms with Crippen LogP contribution in [0.15, 0.2) is 39.7 Å². The average Bonchev–Trinajstić information content (AvgIpc) is 3.18. The molecule has 0 bridgehead atoms. The summed E-state index contributed by atoms with van der Waals surface area (Å²) >= 11 is 0. The first-order chi connectivity index (χ1) is 12.1. The second kappa shape index (κ2) is 6.23. The van der Waals surface area contributed by atoms with Crippen molar-refractivity contribution in [2.24, 2.45) is 0 Å². The van der Waals surface area contributed by atoms with Gasteiger partial charge in [-0.05, 0) is 43.9 Å². The van der Waals surface area contributed by atoms with E-state index in [1.807, 2.05) is 17.9 Å². The molecule has 3 aromatic rings. The molecule has 1 atom stereocenters. The van der Waals surface area contributed by atoms with Gasteiger partial charge in [0.1, 0.15) is 6.54 Å². The second-order valence-corrected chi connectivity index (χ2v) is 6.49. The van der Waals surface area contributed by atoms with E-state index < -0.39 is 5.76 Å². The van der Waals surface area contributed by atoms with Gasteiger partial charge in [-0.2, -0.15) is 5.10 Å². The zero-order valence-corrected chi connectivity index (χ0v) is 14.1. The Morgan fingerprint density at radius 1 is 1.36 bits per heavy atom. The van der Waals surface area contributed by atoms with Gasteiger partial charge < -0.3 is 9.32 Å². The summed E-state index contributed by atoms with van der Waals surface area (Å²) in [6, 6.07) is 7.14. The second-order valence-electron chi connectivity index (χ2n) is 6.49. The smallest absolute Gasteiger partial charge is 0.408 e. The standard InChI is InChI=1S/C18H20N4O3/c1-12-10-19-20-17(12)14-7-4-5-9-21(14)16(23)11-22-13-6-2-3-8-15(13)25-18(22)24/h2-3,6,8,10,14H,4-5,7,9,11H2,1H3,(H,19,20)/t14-/m0/s1. The van der Waals surface area contributed by atoms with Crippen LogP contribution in [-0.2, 0) is 11.3 Å². The van der Waals surface area contributed by atoms with Crippen molar-refractivity contribution >= 4 is 17.0 Å². The van der Waals surface area contributed by atoms with Crippen molar-refractivity contribution in [3.05, 3.63) is 52.3 Å². The number of nitrogens with one attached hydrogen (secondary N) is 1. The maximum absolute atomic E-state index is 13.0. The summed E-state index contributed by atoms with van der Waals surface area (Å²) in [5.74, 6) is -0.576. The number of rotatable bonds is 3. The zero-order chi connectivity index (χ0) is 17.4. The predicted octanol–water partition coefficient (Wildman–Crippen LogP) is 2.38. The topological polar surface area (TPSA) is 84.1 Å². The summed E-state index contributed by atoms with van der Waals surface area (Å²) in [5, 5.41) is 7.12. The molecule has 1 aliphatic rings. The van der Waals surface area contributed by atoms with Gasteiger partial charge in [0.05, 0.1) is 23.4 Å². The summed E-state index contributed by atoms with van der Waals surface area (Å²) in [6.07, 6.45) is 4.72. The molecule has 0 radical (unpaired) electrons. The minimum Gasteiger partial charge on any atom is -0.408 e. The molecular weight excluding hydrogens is 320 g/mol. The number of aryl methyl sites for hydroxylation is 1. The van der Waals surface area contributed by atoms with Crippen molar-refractivity contribution < 1.29 is 9.21 Å². The van der Waals surface area contributed by atoms with Gasteiger partial charge in [-0.1, -0.05) is 12.1 Å². The van der Waals surface area contributed by atoms with E-state index >= 15 is 0 Å². The van der Waals surface area contributed by atoms with Gasteiger partial charge in [0, 0.05) is 6.54 Å². The van der Waals surface area contributed by atoms with E-state index in [4.69, 9.17) is 4.42 Å². The third kappa shape index (κ3) is 2.75. The maximum atomic E-state index is 13.0. The van der Waals surface area contributed by atoms with Crippen LogP contribution >= 0.6 is 0 Å². The van der Waals surface area contributed by atoms with Crippen LogP contribution in [0.4, 0.5) is 0 Å². The molecule has 4 rings (SSSR count). The molecule has 0 unspecified atom stereocenters. The number of nitrogens with zero attached hydrogens (tertiary/aromatic N) is 3. The van der Waals surface area contributed by atoms with Crippen molar-refractivity contribution in [1.29, 1.82) is 0 Å². The fraction of sp³-hybridized carbons (Fsp3) is 0.389. The van der Waals surface area contributed by atoms with Crippen LogP contribution in [0, 0.1) is 6.92 Å². The molecule has 1 N–H and O–H groups in total. The Hall–Kier alpha value is -2.83. The molecule has 3 heterocycles. The van der Waals surface area contributed by atoms with Crippen molar-refractivity contribution in [3.8, 4) is 0 Å². The fourth-order valence-corrected chi connectivity index (χ4v) is 3.61. The molecule has 1 aromatic carbocycles. The largest absolute Gasteiger partial charge is 0.420 e. The first-order valence-electron chi connectivity index (χ1n) is 8.53. The number of benzene rings is 1. The fourth-order valence-electron chi connectivity index (χ4n) is 3.61. The lowest BCUT2D eigenvalue weighted by Gasteiger charge is -2.35. The van der Waals surface area contributed by atoms with Gasteiger partial charge in [0.15, 0.2) is 5.58 Å². The van der Waals surface area contributed by atoms with E-state index in [1.165, 1.54) is 4.57 Å². The van der Waals surface area contributed by atoms with Crippen molar-refractivity contribution in [1.82, 2.24) is 19.7 Å². The number of hydrogen-bond donors (Lipinski definition) is 1. The van der Waals surface area contributed by atoms with Crippen molar-refractivity contribution in [3.63, 3.8) is 0 Å². The first-order valence-corrected chi connectivity index (χ1v) is 8.53. The Kier molecular flexibility index (Phi) is 3.91. The Labute approximate surface area is 144 Å². The van der Waals surface area contributed by atoms with Crippen LogP contribution in [0.25, 0.3) is 11.1 Å². The molecule has 25 heavy (non-hydrogen) atoms. The number of para-hydroxylation sites is 2. The van der Waals surface area contributed by atoms with Crippen molar-refractivity contribution in [2.45, 2.75) is 38.8 Å². The summed E-state index contributed by atoms with van der Waals surface area (Å²) in [6.45, 7) is 2.66. The molecule has 0 saturated carbocycles. The average molecular weight is 340 g/mol. The lowest BCUT2D eigenvalue weighted by atomic mass is 9.97.